The van der Waals surface area contributed by atoms with Crippen molar-refractivity contribution in [2.75, 3.05) is 0 Å². The van der Waals surface area contributed by atoms with Crippen LogP contribution in [0.4, 0.5) is 0 Å². The largest absolute Gasteiger partial charge is 0.265 e. The van der Waals surface area contributed by atoms with Crippen molar-refractivity contribution in [3.63, 3.8) is 0 Å². The van der Waals surface area contributed by atoms with Crippen LogP contribution < -0.4 is 0 Å². The van der Waals surface area contributed by atoms with Gasteiger partial charge in [-0.3, -0.25) is 4.98 Å². The standard InChI is InChI=1S/C5H5N.2C5H10/c1-2-4-6-5-3-1;2*1-4-5(2)3/h1-5H;2*4H,1-3H3. The normalized spacial score (nSPS) is 7.38. The molecule has 0 aliphatic heterocycles. The van der Waals surface area contributed by atoms with E-state index in [1.807, 2.05) is 32.0 Å². The van der Waals surface area contributed by atoms with Gasteiger partial charge >= 0.3 is 0 Å². The molecule has 1 aromatic rings. The number of pyridine rings is 1. The molecule has 90 valence electrons. The van der Waals surface area contributed by atoms with Gasteiger partial charge in [-0.1, -0.05) is 29.4 Å². The second-order valence-electron chi connectivity index (χ2n) is 3.76. The molecule has 1 aromatic heterocycles. The maximum absolute atomic E-state index is 3.78. The molecule has 0 amide bonds. The van der Waals surface area contributed by atoms with Crippen molar-refractivity contribution in [3.8, 4) is 0 Å². The van der Waals surface area contributed by atoms with E-state index in [4.69, 9.17) is 0 Å². The van der Waals surface area contributed by atoms with Gasteiger partial charge in [0.15, 0.2) is 0 Å². The van der Waals surface area contributed by atoms with Crippen LogP contribution in [-0.4, -0.2) is 4.98 Å². The Kier molecular flexibility index (Phi) is 14.5. The number of rotatable bonds is 0. The minimum absolute atomic E-state index is 1.38. The van der Waals surface area contributed by atoms with Gasteiger partial charge in [0.1, 0.15) is 0 Å². The summed E-state index contributed by atoms with van der Waals surface area (Å²) in [5.74, 6) is 0. The summed E-state index contributed by atoms with van der Waals surface area (Å²) < 4.78 is 0. The van der Waals surface area contributed by atoms with Crippen LogP contribution in [0.25, 0.3) is 0 Å². The van der Waals surface area contributed by atoms with Crippen LogP contribution in [0.2, 0.25) is 0 Å². The molecule has 1 nitrogen and oxygen atoms in total. The first-order chi connectivity index (χ1) is 7.54. The van der Waals surface area contributed by atoms with Gasteiger partial charge in [-0.2, -0.15) is 0 Å². The first-order valence-corrected chi connectivity index (χ1v) is 5.58. The van der Waals surface area contributed by atoms with Gasteiger partial charge in [-0.05, 0) is 53.7 Å². The summed E-state index contributed by atoms with van der Waals surface area (Å²) in [7, 11) is 0. The van der Waals surface area contributed by atoms with Gasteiger partial charge in [0.05, 0.1) is 0 Å². The Bertz CT molecular complexity index is 233. The fourth-order valence-corrected chi connectivity index (χ4v) is 0.313. The molecule has 1 heteroatoms. The Balaban J connectivity index is 0. The molecule has 0 saturated carbocycles. The van der Waals surface area contributed by atoms with Gasteiger partial charge < -0.3 is 0 Å². The van der Waals surface area contributed by atoms with Crippen molar-refractivity contribution in [2.45, 2.75) is 41.5 Å². The van der Waals surface area contributed by atoms with E-state index >= 15 is 0 Å². The fourth-order valence-electron chi connectivity index (χ4n) is 0.313. The summed E-state index contributed by atoms with van der Waals surface area (Å²) in [4.78, 5) is 3.78. The number of hydrogen-bond donors (Lipinski definition) is 0. The third-order valence-electron chi connectivity index (χ3n) is 1.72. The molecular weight excluding hydrogens is 194 g/mol. The average Bonchev–Trinajstić information content (AvgIpc) is 2.32. The van der Waals surface area contributed by atoms with Crippen molar-refractivity contribution in [1.29, 1.82) is 0 Å². The zero-order chi connectivity index (χ0) is 12.8. The van der Waals surface area contributed by atoms with Crippen LogP contribution in [0.15, 0.2) is 53.9 Å². The minimum Gasteiger partial charge on any atom is -0.265 e. The molecule has 0 radical (unpaired) electrons. The molecule has 1 heterocycles. The van der Waals surface area contributed by atoms with Crippen LogP contribution in [0.3, 0.4) is 0 Å². The molecule has 1 rings (SSSR count). The van der Waals surface area contributed by atoms with Crippen molar-refractivity contribution in [1.82, 2.24) is 4.98 Å². The molecule has 0 bridgehead atoms. The third-order valence-corrected chi connectivity index (χ3v) is 1.72. The first-order valence-electron chi connectivity index (χ1n) is 5.58. The molecule has 16 heavy (non-hydrogen) atoms. The highest BCUT2D eigenvalue weighted by atomic mass is 14.6. The lowest BCUT2D eigenvalue weighted by atomic mass is 10.3. The smallest absolute Gasteiger partial charge is 0.0267 e. The molecule has 0 unspecified atom stereocenters. The molecule has 0 saturated heterocycles. The van der Waals surface area contributed by atoms with E-state index in [9.17, 15) is 0 Å². The topological polar surface area (TPSA) is 12.9 Å². The summed E-state index contributed by atoms with van der Waals surface area (Å²) in [6.07, 6.45) is 7.67. The zero-order valence-electron chi connectivity index (χ0n) is 11.5. The Labute approximate surface area is 101 Å². The molecule has 0 fully saturated rings. The zero-order valence-corrected chi connectivity index (χ0v) is 11.5. The lowest BCUT2D eigenvalue weighted by Crippen LogP contribution is -1.58. The van der Waals surface area contributed by atoms with Gasteiger partial charge in [0, 0.05) is 12.4 Å². The van der Waals surface area contributed by atoms with E-state index in [1.165, 1.54) is 11.1 Å². The predicted octanol–water partition coefficient (Wildman–Crippen LogP) is 5.03. The van der Waals surface area contributed by atoms with E-state index in [0.29, 0.717) is 0 Å². The number of nitrogens with zero attached hydrogens (tertiary/aromatic N) is 1. The van der Waals surface area contributed by atoms with Crippen molar-refractivity contribution >= 4 is 0 Å². The SMILES string of the molecule is CC=C(C)C.CC=C(C)C.c1ccncc1. The van der Waals surface area contributed by atoms with Gasteiger partial charge in [0.25, 0.3) is 0 Å². The third kappa shape index (κ3) is 22.9. The number of hydrogen-bond acceptors (Lipinski definition) is 1. The van der Waals surface area contributed by atoms with E-state index in [2.05, 4.69) is 44.8 Å². The molecule has 0 spiro atoms. The molecule has 0 aliphatic rings. The highest BCUT2D eigenvalue weighted by molar-refractivity contribution is 4.89. The average molecular weight is 219 g/mol. The lowest BCUT2D eigenvalue weighted by molar-refractivity contribution is 1.33. The van der Waals surface area contributed by atoms with Crippen LogP contribution in [0.5, 0.6) is 0 Å². The minimum atomic E-state index is 1.38. The van der Waals surface area contributed by atoms with Crippen LogP contribution >= 0.6 is 0 Å². The van der Waals surface area contributed by atoms with E-state index in [0.717, 1.165) is 0 Å². The van der Waals surface area contributed by atoms with Crippen LogP contribution in [0.1, 0.15) is 41.5 Å². The Morgan fingerprint density at radius 1 is 0.750 bits per heavy atom. The maximum atomic E-state index is 3.78. The quantitative estimate of drug-likeness (QED) is 0.558. The van der Waals surface area contributed by atoms with Crippen LogP contribution in [-0.2, 0) is 0 Å². The molecule has 0 N–H and O–H groups in total. The summed E-state index contributed by atoms with van der Waals surface area (Å²) in [6, 6.07) is 5.72. The predicted molar refractivity (Wildman–Crippen MR) is 74.4 cm³/mol. The Hall–Kier alpha value is -1.37. The Morgan fingerprint density at radius 2 is 1.06 bits per heavy atom. The summed E-state index contributed by atoms with van der Waals surface area (Å²) in [6.45, 7) is 12.4. The maximum Gasteiger partial charge on any atom is 0.0267 e. The number of allylic oxidation sites excluding steroid dienone is 4. The Morgan fingerprint density at radius 3 is 1.12 bits per heavy atom. The second kappa shape index (κ2) is 13.6. The highest BCUT2D eigenvalue weighted by Gasteiger charge is 1.61. The van der Waals surface area contributed by atoms with Gasteiger partial charge in [-0.25, -0.2) is 0 Å². The van der Waals surface area contributed by atoms with E-state index in [-0.39, 0.29) is 0 Å². The number of aromatic nitrogens is 1. The summed E-state index contributed by atoms with van der Waals surface area (Å²) in [5, 5.41) is 0. The van der Waals surface area contributed by atoms with Crippen molar-refractivity contribution in [3.05, 3.63) is 53.9 Å². The molecule has 0 aliphatic carbocycles. The van der Waals surface area contributed by atoms with Crippen LogP contribution in [0, 0.1) is 0 Å². The molecule has 0 atom stereocenters. The monoisotopic (exact) mass is 219 g/mol. The van der Waals surface area contributed by atoms with Crippen molar-refractivity contribution < 1.29 is 0 Å². The lowest BCUT2D eigenvalue weighted by Gasteiger charge is -1.74. The van der Waals surface area contributed by atoms with Gasteiger partial charge in [-0.15, -0.1) is 0 Å². The summed E-state index contributed by atoms with van der Waals surface area (Å²) in [5.41, 5.74) is 2.76. The molecular formula is C15H25N. The first kappa shape index (κ1) is 17.0. The van der Waals surface area contributed by atoms with E-state index in [1.54, 1.807) is 12.4 Å². The highest BCUT2D eigenvalue weighted by Crippen LogP contribution is 1.83. The fraction of sp³-hybridized carbons (Fsp3) is 0.400. The van der Waals surface area contributed by atoms with Crippen molar-refractivity contribution in [2.24, 2.45) is 0 Å². The molecule has 0 aromatic carbocycles. The van der Waals surface area contributed by atoms with Gasteiger partial charge in [0.2, 0.25) is 0 Å². The summed E-state index contributed by atoms with van der Waals surface area (Å²) >= 11 is 0. The van der Waals surface area contributed by atoms with E-state index < -0.39 is 0 Å². The second-order valence-corrected chi connectivity index (χ2v) is 3.76.